The van der Waals surface area contributed by atoms with E-state index >= 15 is 0 Å². The van der Waals surface area contributed by atoms with E-state index in [0.717, 1.165) is 45.7 Å². The molecule has 0 saturated heterocycles. The van der Waals surface area contributed by atoms with E-state index in [2.05, 4.69) is 20.9 Å². The Labute approximate surface area is 143 Å². The maximum absolute atomic E-state index is 6.06. The first-order chi connectivity index (χ1) is 11.2. The van der Waals surface area contributed by atoms with Crippen molar-refractivity contribution >= 4 is 27.0 Å². The smallest absolute Gasteiger partial charge is 0.169 e. The average Bonchev–Trinajstić information content (AvgIpc) is 2.94. The summed E-state index contributed by atoms with van der Waals surface area (Å²) in [6.45, 7) is 0. The second kappa shape index (κ2) is 5.98. The third-order valence-corrected chi connectivity index (χ3v) is 4.98. The van der Waals surface area contributed by atoms with Gasteiger partial charge in [-0.3, -0.25) is 0 Å². The zero-order chi connectivity index (χ0) is 15.8. The van der Waals surface area contributed by atoms with E-state index in [-0.39, 0.29) is 0 Å². The highest BCUT2D eigenvalue weighted by atomic mass is 79.9. The lowest BCUT2D eigenvalue weighted by molar-refractivity contribution is 0.0239. The summed E-state index contributed by atoms with van der Waals surface area (Å²) in [6.07, 6.45) is 2.40. The number of fused-ring (bicyclic) bond motifs is 1. The molecule has 4 rings (SSSR count). The van der Waals surface area contributed by atoms with Crippen LogP contribution in [0.25, 0.3) is 11.0 Å². The van der Waals surface area contributed by atoms with Crippen molar-refractivity contribution in [3.8, 4) is 11.5 Å². The molecular formula is C18H17BrN2O2. The number of aromatic nitrogens is 2. The number of halogens is 1. The fourth-order valence-electron chi connectivity index (χ4n) is 2.92. The number of nitrogens with zero attached hydrogens (tertiary/aromatic N) is 1. The molecule has 0 aliphatic heterocycles. The maximum Gasteiger partial charge on any atom is 0.169 e. The van der Waals surface area contributed by atoms with Crippen LogP contribution in [0, 0.1) is 0 Å². The van der Waals surface area contributed by atoms with Crippen LogP contribution in [0.15, 0.2) is 46.9 Å². The number of hydrogen-bond acceptors (Lipinski definition) is 3. The van der Waals surface area contributed by atoms with Gasteiger partial charge in [0.25, 0.3) is 0 Å². The summed E-state index contributed by atoms with van der Waals surface area (Å²) in [5.41, 5.74) is 1.86. The molecule has 118 valence electrons. The highest BCUT2D eigenvalue weighted by Gasteiger charge is 2.32. The number of para-hydroxylation sites is 1. The molecule has 23 heavy (non-hydrogen) atoms. The van der Waals surface area contributed by atoms with E-state index in [1.807, 2.05) is 42.5 Å². The van der Waals surface area contributed by atoms with Crippen LogP contribution < -0.4 is 4.74 Å². The molecule has 0 bridgehead atoms. The largest absolute Gasteiger partial charge is 0.454 e. The summed E-state index contributed by atoms with van der Waals surface area (Å²) >= 11 is 3.57. The third kappa shape index (κ3) is 2.75. The predicted molar refractivity (Wildman–Crippen MR) is 93.1 cm³/mol. The number of methoxy groups -OCH3 is 1. The number of nitrogens with one attached hydrogen (secondary N) is 1. The molecule has 3 aromatic rings. The van der Waals surface area contributed by atoms with Gasteiger partial charge < -0.3 is 14.5 Å². The fraction of sp³-hybridized carbons (Fsp3) is 0.278. The van der Waals surface area contributed by atoms with Gasteiger partial charge in [-0.25, -0.2) is 4.98 Å². The van der Waals surface area contributed by atoms with Crippen molar-refractivity contribution in [2.75, 3.05) is 7.11 Å². The molecule has 1 aromatic heterocycles. The third-order valence-electron chi connectivity index (χ3n) is 4.36. The Morgan fingerprint density at radius 3 is 2.65 bits per heavy atom. The number of aromatic amines is 1. The van der Waals surface area contributed by atoms with E-state index in [1.165, 1.54) is 0 Å². The molecule has 0 amide bonds. The Morgan fingerprint density at radius 2 is 1.91 bits per heavy atom. The Kier molecular flexibility index (Phi) is 3.83. The molecule has 1 fully saturated rings. The second-order valence-corrected chi connectivity index (χ2v) is 6.69. The van der Waals surface area contributed by atoms with Crippen LogP contribution in [-0.4, -0.2) is 23.2 Å². The Hall–Kier alpha value is -1.85. The number of benzene rings is 2. The molecule has 0 radical (unpaired) electrons. The first-order valence-corrected chi connectivity index (χ1v) is 8.47. The Bertz CT molecular complexity index is 826. The number of H-pyrrole nitrogens is 1. The minimum absolute atomic E-state index is 0.361. The molecule has 2 aromatic carbocycles. The van der Waals surface area contributed by atoms with Gasteiger partial charge in [0.05, 0.1) is 16.1 Å². The van der Waals surface area contributed by atoms with E-state index in [1.54, 1.807) is 7.11 Å². The van der Waals surface area contributed by atoms with Crippen LogP contribution in [0.3, 0.4) is 0 Å². The van der Waals surface area contributed by atoms with Crippen molar-refractivity contribution in [2.24, 2.45) is 0 Å². The number of imidazole rings is 1. The van der Waals surface area contributed by atoms with Crippen molar-refractivity contribution in [3.63, 3.8) is 0 Å². The van der Waals surface area contributed by atoms with Crippen molar-refractivity contribution in [1.29, 1.82) is 0 Å². The van der Waals surface area contributed by atoms with Crippen molar-refractivity contribution in [1.82, 2.24) is 9.97 Å². The van der Waals surface area contributed by atoms with Crippen molar-refractivity contribution < 1.29 is 9.47 Å². The first-order valence-electron chi connectivity index (χ1n) is 7.68. The molecular weight excluding hydrogens is 356 g/mol. The molecule has 1 aliphatic carbocycles. The standard InChI is InChI=1S/C18H17BrN2O2/c1-22-13-9-11(10-13)18-20-15-8-7-14(19)17(16(15)21-18)23-12-5-3-2-4-6-12/h2-8,11,13H,9-10H2,1H3,(H,20,21). The zero-order valence-corrected chi connectivity index (χ0v) is 14.3. The zero-order valence-electron chi connectivity index (χ0n) is 12.8. The van der Waals surface area contributed by atoms with Gasteiger partial charge in [0, 0.05) is 13.0 Å². The molecule has 1 heterocycles. The average molecular weight is 373 g/mol. The number of hydrogen-bond donors (Lipinski definition) is 1. The van der Waals surface area contributed by atoms with E-state index in [0.29, 0.717) is 12.0 Å². The minimum Gasteiger partial charge on any atom is -0.454 e. The summed E-state index contributed by atoms with van der Waals surface area (Å²) in [6, 6.07) is 13.8. The van der Waals surface area contributed by atoms with Crippen LogP contribution in [0.2, 0.25) is 0 Å². The fourth-order valence-corrected chi connectivity index (χ4v) is 3.32. The van der Waals surface area contributed by atoms with E-state index < -0.39 is 0 Å². The molecule has 1 saturated carbocycles. The number of rotatable bonds is 4. The molecule has 5 heteroatoms. The lowest BCUT2D eigenvalue weighted by Gasteiger charge is -2.32. The van der Waals surface area contributed by atoms with Crippen LogP contribution >= 0.6 is 15.9 Å². The molecule has 1 N–H and O–H groups in total. The molecule has 0 spiro atoms. The van der Waals surface area contributed by atoms with Crippen molar-refractivity contribution in [2.45, 2.75) is 24.9 Å². The van der Waals surface area contributed by atoms with Crippen LogP contribution in [0.1, 0.15) is 24.6 Å². The molecule has 4 nitrogen and oxygen atoms in total. The summed E-state index contributed by atoms with van der Waals surface area (Å²) in [4.78, 5) is 8.22. The lowest BCUT2D eigenvalue weighted by atomic mass is 9.82. The lowest BCUT2D eigenvalue weighted by Crippen LogP contribution is -2.29. The minimum atomic E-state index is 0.361. The monoisotopic (exact) mass is 372 g/mol. The normalized spacial score (nSPS) is 20.4. The topological polar surface area (TPSA) is 47.1 Å². The summed E-state index contributed by atoms with van der Waals surface area (Å²) < 4.78 is 12.3. The quantitative estimate of drug-likeness (QED) is 0.699. The second-order valence-electron chi connectivity index (χ2n) is 5.84. The van der Waals surface area contributed by atoms with E-state index in [9.17, 15) is 0 Å². The summed E-state index contributed by atoms with van der Waals surface area (Å²) in [5.74, 6) is 3.01. The molecule has 0 atom stereocenters. The number of ether oxygens (including phenoxy) is 2. The highest BCUT2D eigenvalue weighted by molar-refractivity contribution is 9.10. The SMILES string of the molecule is COC1CC(c2nc3c(Oc4ccccc4)c(Br)ccc3[nH]2)C1. The van der Waals surface area contributed by atoms with Gasteiger partial charge in [-0.1, -0.05) is 18.2 Å². The predicted octanol–water partition coefficient (Wildman–Crippen LogP) is 5.01. The van der Waals surface area contributed by atoms with Gasteiger partial charge in [-0.05, 0) is 53.0 Å². The van der Waals surface area contributed by atoms with Gasteiger partial charge in [0.1, 0.15) is 17.1 Å². The first kappa shape index (κ1) is 14.7. The Balaban J connectivity index is 1.69. The summed E-state index contributed by atoms with van der Waals surface area (Å²) in [5, 5.41) is 0. The maximum atomic E-state index is 6.06. The van der Waals surface area contributed by atoms with Gasteiger partial charge >= 0.3 is 0 Å². The van der Waals surface area contributed by atoms with Gasteiger partial charge in [-0.2, -0.15) is 0 Å². The molecule has 0 unspecified atom stereocenters. The van der Waals surface area contributed by atoms with Crippen LogP contribution in [0.4, 0.5) is 0 Å². The summed E-state index contributed by atoms with van der Waals surface area (Å²) in [7, 11) is 1.77. The highest BCUT2D eigenvalue weighted by Crippen LogP contribution is 2.41. The van der Waals surface area contributed by atoms with Crippen LogP contribution in [0.5, 0.6) is 11.5 Å². The van der Waals surface area contributed by atoms with E-state index in [4.69, 9.17) is 14.5 Å². The molecule has 1 aliphatic rings. The van der Waals surface area contributed by atoms with Crippen LogP contribution in [-0.2, 0) is 4.74 Å². The van der Waals surface area contributed by atoms with Gasteiger partial charge in [0.15, 0.2) is 5.75 Å². The van der Waals surface area contributed by atoms with Gasteiger partial charge in [0.2, 0.25) is 0 Å². The van der Waals surface area contributed by atoms with Gasteiger partial charge in [-0.15, -0.1) is 0 Å². The Morgan fingerprint density at radius 1 is 1.13 bits per heavy atom. The van der Waals surface area contributed by atoms with Crippen molar-refractivity contribution in [3.05, 3.63) is 52.8 Å².